The zero-order valence-corrected chi connectivity index (χ0v) is 12.0. The molecule has 1 aromatic carbocycles. The van der Waals surface area contributed by atoms with Crippen LogP contribution >= 0.6 is 11.8 Å². The molecule has 1 aromatic rings. The zero-order chi connectivity index (χ0) is 12.9. The summed E-state index contributed by atoms with van der Waals surface area (Å²) in [6.45, 7) is 9.42. The Kier molecular flexibility index (Phi) is 5.50. The van der Waals surface area contributed by atoms with Gasteiger partial charge in [-0.15, -0.1) is 11.8 Å². The van der Waals surface area contributed by atoms with Gasteiger partial charge in [0.1, 0.15) is 0 Å². The van der Waals surface area contributed by atoms with Crippen molar-refractivity contribution in [2.24, 2.45) is 0 Å². The summed E-state index contributed by atoms with van der Waals surface area (Å²) < 4.78 is 0. The van der Waals surface area contributed by atoms with Gasteiger partial charge in [0.15, 0.2) is 0 Å². The van der Waals surface area contributed by atoms with Gasteiger partial charge < -0.3 is 10.4 Å². The van der Waals surface area contributed by atoms with Crippen LogP contribution < -0.4 is 5.32 Å². The predicted molar refractivity (Wildman–Crippen MR) is 75.4 cm³/mol. The van der Waals surface area contributed by atoms with Gasteiger partial charge in [0.2, 0.25) is 0 Å². The van der Waals surface area contributed by atoms with Crippen molar-refractivity contribution >= 4 is 11.8 Å². The predicted octanol–water partition coefficient (Wildman–Crippen LogP) is 3.05. The normalized spacial score (nSPS) is 12.1. The molecule has 0 amide bonds. The van der Waals surface area contributed by atoms with E-state index in [0.717, 1.165) is 6.54 Å². The first-order valence-electron chi connectivity index (χ1n) is 6.05. The number of hydrogen-bond acceptors (Lipinski definition) is 3. The van der Waals surface area contributed by atoms with Gasteiger partial charge in [-0.1, -0.05) is 26.0 Å². The monoisotopic (exact) mass is 253 g/mol. The van der Waals surface area contributed by atoms with Crippen molar-refractivity contribution in [2.45, 2.75) is 50.0 Å². The molecule has 0 aliphatic carbocycles. The van der Waals surface area contributed by atoms with E-state index in [0.29, 0.717) is 11.8 Å². The topological polar surface area (TPSA) is 32.3 Å². The lowest BCUT2D eigenvalue weighted by Crippen LogP contribution is -2.34. The Labute approximate surface area is 109 Å². The van der Waals surface area contributed by atoms with Crippen molar-refractivity contribution in [1.82, 2.24) is 5.32 Å². The first-order chi connectivity index (χ1) is 7.87. The first-order valence-corrected chi connectivity index (χ1v) is 6.93. The largest absolute Gasteiger partial charge is 0.389 e. The smallest absolute Gasteiger partial charge is 0.0715 e. The van der Waals surface area contributed by atoms with E-state index in [1.807, 2.05) is 25.6 Å². The maximum atomic E-state index is 9.57. The fourth-order valence-electron chi connectivity index (χ4n) is 1.47. The average Bonchev–Trinajstić information content (AvgIpc) is 2.18. The van der Waals surface area contributed by atoms with Crippen LogP contribution in [0.15, 0.2) is 29.2 Å². The Morgan fingerprint density at radius 1 is 1.24 bits per heavy atom. The Morgan fingerprint density at radius 3 is 2.29 bits per heavy atom. The van der Waals surface area contributed by atoms with Gasteiger partial charge in [-0.3, -0.25) is 0 Å². The quantitative estimate of drug-likeness (QED) is 0.764. The van der Waals surface area contributed by atoms with Crippen LogP contribution in [0.4, 0.5) is 0 Å². The summed E-state index contributed by atoms with van der Waals surface area (Å²) in [5.74, 6) is 0. The van der Waals surface area contributed by atoms with E-state index in [1.54, 1.807) is 0 Å². The van der Waals surface area contributed by atoms with Crippen LogP contribution in [0.3, 0.4) is 0 Å². The number of rotatable bonds is 6. The molecule has 0 heterocycles. The highest BCUT2D eigenvalue weighted by molar-refractivity contribution is 7.99. The van der Waals surface area contributed by atoms with Crippen molar-refractivity contribution in [3.63, 3.8) is 0 Å². The molecule has 0 spiro atoms. The summed E-state index contributed by atoms with van der Waals surface area (Å²) in [4.78, 5) is 1.31. The van der Waals surface area contributed by atoms with Crippen molar-refractivity contribution in [2.75, 3.05) is 6.54 Å². The Bertz CT molecular complexity index is 327. The molecule has 2 N–H and O–H groups in total. The van der Waals surface area contributed by atoms with Crippen LogP contribution in [-0.2, 0) is 6.54 Å². The molecule has 0 saturated carbocycles. The Hall–Kier alpha value is -0.510. The molecule has 0 fully saturated rings. The average molecular weight is 253 g/mol. The second-order valence-electron chi connectivity index (χ2n) is 5.23. The van der Waals surface area contributed by atoms with Crippen molar-refractivity contribution in [3.05, 3.63) is 29.8 Å². The summed E-state index contributed by atoms with van der Waals surface area (Å²) in [5, 5.41) is 13.4. The summed E-state index contributed by atoms with van der Waals surface area (Å²) >= 11 is 1.87. The third kappa shape index (κ3) is 6.71. The number of benzene rings is 1. The number of thioether (sulfide) groups is 1. The van der Waals surface area contributed by atoms with Crippen LogP contribution in [0, 0.1) is 0 Å². The second kappa shape index (κ2) is 6.43. The van der Waals surface area contributed by atoms with Gasteiger partial charge >= 0.3 is 0 Å². The molecule has 0 unspecified atom stereocenters. The van der Waals surface area contributed by atoms with E-state index in [1.165, 1.54) is 10.5 Å². The van der Waals surface area contributed by atoms with Gasteiger partial charge in [-0.05, 0) is 31.5 Å². The van der Waals surface area contributed by atoms with Gasteiger partial charge in [0.25, 0.3) is 0 Å². The molecule has 0 saturated heterocycles. The Balaban J connectivity index is 2.40. The molecule has 3 heteroatoms. The third-order valence-corrected chi connectivity index (χ3v) is 3.20. The second-order valence-corrected chi connectivity index (χ2v) is 6.88. The van der Waals surface area contributed by atoms with E-state index in [-0.39, 0.29) is 0 Å². The molecule has 2 nitrogen and oxygen atoms in total. The molecular formula is C14H23NOS. The summed E-state index contributed by atoms with van der Waals surface area (Å²) in [6.07, 6.45) is 0. The minimum atomic E-state index is -0.645. The number of aliphatic hydroxyl groups is 1. The van der Waals surface area contributed by atoms with Gasteiger partial charge in [0.05, 0.1) is 5.60 Å². The molecule has 0 radical (unpaired) electrons. The van der Waals surface area contributed by atoms with Crippen molar-refractivity contribution < 1.29 is 5.11 Å². The SMILES string of the molecule is CC(C)Sc1ccc(CNCC(C)(C)O)cc1. The van der Waals surface area contributed by atoms with Crippen LogP contribution in [0.2, 0.25) is 0 Å². The van der Waals surface area contributed by atoms with E-state index >= 15 is 0 Å². The maximum Gasteiger partial charge on any atom is 0.0715 e. The Morgan fingerprint density at radius 2 is 1.82 bits per heavy atom. The van der Waals surface area contributed by atoms with Gasteiger partial charge in [0, 0.05) is 23.2 Å². The van der Waals surface area contributed by atoms with E-state index in [4.69, 9.17) is 0 Å². The van der Waals surface area contributed by atoms with Crippen molar-refractivity contribution in [3.8, 4) is 0 Å². The van der Waals surface area contributed by atoms with E-state index < -0.39 is 5.60 Å². The fraction of sp³-hybridized carbons (Fsp3) is 0.571. The van der Waals surface area contributed by atoms with E-state index in [9.17, 15) is 5.11 Å². The van der Waals surface area contributed by atoms with Gasteiger partial charge in [-0.2, -0.15) is 0 Å². The molecule has 0 aromatic heterocycles. The number of hydrogen-bond donors (Lipinski definition) is 2. The molecular weight excluding hydrogens is 230 g/mol. The van der Waals surface area contributed by atoms with Gasteiger partial charge in [-0.25, -0.2) is 0 Å². The van der Waals surface area contributed by atoms with Crippen LogP contribution in [-0.4, -0.2) is 22.5 Å². The highest BCUT2D eigenvalue weighted by Gasteiger charge is 2.10. The molecule has 0 atom stereocenters. The maximum absolute atomic E-state index is 9.57. The standard InChI is InChI=1S/C14H23NOS/c1-11(2)17-13-7-5-12(6-8-13)9-15-10-14(3,4)16/h5-8,11,15-16H,9-10H2,1-4H3. The fourth-order valence-corrected chi connectivity index (χ4v) is 2.31. The first kappa shape index (κ1) is 14.6. The molecule has 0 bridgehead atoms. The van der Waals surface area contributed by atoms with E-state index in [2.05, 4.69) is 43.4 Å². The minimum absolute atomic E-state index is 0.607. The molecule has 96 valence electrons. The lowest BCUT2D eigenvalue weighted by molar-refractivity contribution is 0.0795. The highest BCUT2D eigenvalue weighted by Crippen LogP contribution is 2.22. The summed E-state index contributed by atoms with van der Waals surface area (Å²) in [7, 11) is 0. The van der Waals surface area contributed by atoms with Crippen LogP contribution in [0.25, 0.3) is 0 Å². The lowest BCUT2D eigenvalue weighted by Gasteiger charge is -2.17. The molecule has 0 aliphatic rings. The molecule has 17 heavy (non-hydrogen) atoms. The third-order valence-electron chi connectivity index (χ3n) is 2.18. The van der Waals surface area contributed by atoms with Crippen LogP contribution in [0.1, 0.15) is 33.3 Å². The zero-order valence-electron chi connectivity index (χ0n) is 11.2. The highest BCUT2D eigenvalue weighted by atomic mass is 32.2. The molecule has 0 aliphatic heterocycles. The summed E-state index contributed by atoms with van der Waals surface area (Å²) in [6, 6.07) is 8.60. The van der Waals surface area contributed by atoms with Crippen molar-refractivity contribution in [1.29, 1.82) is 0 Å². The number of nitrogens with one attached hydrogen (secondary N) is 1. The summed E-state index contributed by atoms with van der Waals surface area (Å²) in [5.41, 5.74) is 0.607. The lowest BCUT2D eigenvalue weighted by atomic mass is 10.1. The molecule has 1 rings (SSSR count). The minimum Gasteiger partial charge on any atom is -0.389 e. The van der Waals surface area contributed by atoms with Crippen LogP contribution in [0.5, 0.6) is 0 Å².